The van der Waals surface area contributed by atoms with Crippen molar-refractivity contribution in [2.24, 2.45) is 0 Å². The molecular formula is C22H31NO12. The summed E-state index contributed by atoms with van der Waals surface area (Å²) in [5, 5.41) is 91.5. The molecule has 3 rings (SSSR count). The van der Waals surface area contributed by atoms with Crippen molar-refractivity contribution in [2.75, 3.05) is 0 Å². The molecule has 1 aromatic rings. The molecule has 0 bridgehead atoms. The average molecular weight is 501 g/mol. The summed E-state index contributed by atoms with van der Waals surface area (Å²) >= 11 is 0. The Hall–Kier alpha value is -2.33. The molecule has 1 aliphatic carbocycles. The van der Waals surface area contributed by atoms with Crippen molar-refractivity contribution in [2.45, 2.75) is 81.1 Å². The number of phenols is 1. The van der Waals surface area contributed by atoms with E-state index in [4.69, 9.17) is 9.47 Å². The second kappa shape index (κ2) is 10.7. The second-order valence-electron chi connectivity index (χ2n) is 8.82. The molecule has 0 spiro atoms. The summed E-state index contributed by atoms with van der Waals surface area (Å²) in [4.78, 5) is 12.5. The third-order valence-corrected chi connectivity index (χ3v) is 6.13. The summed E-state index contributed by atoms with van der Waals surface area (Å²) in [5.41, 5.74) is 0.419. The Morgan fingerprint density at radius 3 is 2.06 bits per heavy atom. The second-order valence-corrected chi connectivity index (χ2v) is 8.82. The lowest BCUT2D eigenvalue weighted by molar-refractivity contribution is -0.190. The van der Waals surface area contributed by atoms with Crippen LogP contribution in [0.2, 0.25) is 0 Å². The van der Waals surface area contributed by atoms with Crippen molar-refractivity contribution in [1.82, 2.24) is 5.32 Å². The van der Waals surface area contributed by atoms with E-state index in [1.165, 1.54) is 38.1 Å². The van der Waals surface area contributed by atoms with Crippen LogP contribution in [0.4, 0.5) is 0 Å². The van der Waals surface area contributed by atoms with Gasteiger partial charge >= 0.3 is 0 Å². The van der Waals surface area contributed by atoms with Crippen LogP contribution < -0.4 is 10.1 Å². The fourth-order valence-electron chi connectivity index (χ4n) is 4.00. The number of aliphatic hydroxyl groups excluding tert-OH is 8. The molecule has 3 unspecified atom stereocenters. The van der Waals surface area contributed by atoms with Crippen molar-refractivity contribution in [3.8, 4) is 11.5 Å². The molecule has 1 saturated carbocycles. The van der Waals surface area contributed by atoms with Gasteiger partial charge in [0.15, 0.2) is 11.5 Å². The lowest BCUT2D eigenvalue weighted by atomic mass is 9.83. The van der Waals surface area contributed by atoms with E-state index in [-0.39, 0.29) is 17.1 Å². The van der Waals surface area contributed by atoms with Crippen LogP contribution in [0, 0.1) is 0 Å². The fraction of sp³-hybridized carbons (Fsp3) is 0.591. The van der Waals surface area contributed by atoms with Gasteiger partial charge < -0.3 is 60.7 Å². The highest BCUT2D eigenvalue weighted by Crippen LogP contribution is 2.32. The van der Waals surface area contributed by atoms with Crippen molar-refractivity contribution in [3.05, 3.63) is 29.3 Å². The van der Waals surface area contributed by atoms with Gasteiger partial charge in [-0.2, -0.15) is 0 Å². The maximum Gasteiger partial charge on any atom is 0.247 e. The first-order valence-electron chi connectivity index (χ1n) is 10.9. The summed E-state index contributed by atoms with van der Waals surface area (Å²) in [6.07, 6.45) is -13.8. The van der Waals surface area contributed by atoms with Crippen LogP contribution >= 0.6 is 0 Å². The Morgan fingerprint density at radius 1 is 0.971 bits per heavy atom. The van der Waals surface area contributed by atoms with Gasteiger partial charge in [0, 0.05) is 5.57 Å². The first-order valence-corrected chi connectivity index (χ1v) is 10.9. The Labute approximate surface area is 200 Å². The minimum Gasteiger partial charge on any atom is -0.504 e. The number of carbonyl (C=O) groups excluding carboxylic acids is 1. The molecule has 2 aliphatic rings. The minimum absolute atomic E-state index is 0.0741. The number of rotatable bonds is 6. The first kappa shape index (κ1) is 27.3. The van der Waals surface area contributed by atoms with E-state index in [1.54, 1.807) is 0 Å². The van der Waals surface area contributed by atoms with Crippen LogP contribution in [0.1, 0.15) is 19.4 Å². The Bertz CT molecular complexity index is 923. The summed E-state index contributed by atoms with van der Waals surface area (Å²) in [7, 11) is 0. The van der Waals surface area contributed by atoms with Gasteiger partial charge in [0.2, 0.25) is 12.2 Å². The average Bonchev–Trinajstić information content (AvgIpc) is 3.09. The first-order chi connectivity index (χ1) is 16.3. The van der Waals surface area contributed by atoms with Gasteiger partial charge in [-0.25, -0.2) is 0 Å². The molecule has 1 aromatic carbocycles. The Morgan fingerprint density at radius 2 is 1.54 bits per heavy atom. The zero-order valence-electron chi connectivity index (χ0n) is 18.9. The minimum atomic E-state index is -1.79. The smallest absolute Gasteiger partial charge is 0.247 e. The highest BCUT2D eigenvalue weighted by molar-refractivity contribution is 5.97. The van der Waals surface area contributed by atoms with Crippen LogP contribution in [0.15, 0.2) is 23.8 Å². The zero-order valence-corrected chi connectivity index (χ0v) is 18.9. The van der Waals surface area contributed by atoms with Crippen molar-refractivity contribution in [1.29, 1.82) is 0 Å². The quantitative estimate of drug-likeness (QED) is 0.170. The van der Waals surface area contributed by atoms with Crippen LogP contribution in [-0.2, 0) is 9.53 Å². The predicted molar refractivity (Wildman–Crippen MR) is 117 cm³/mol. The molecule has 196 valence electrons. The Kier molecular flexibility index (Phi) is 8.36. The number of carbonyl (C=O) groups is 1. The van der Waals surface area contributed by atoms with Crippen molar-refractivity contribution < 1.29 is 60.2 Å². The molecule has 13 heteroatoms. The number of benzene rings is 1. The predicted octanol–water partition coefficient (Wildman–Crippen LogP) is -3.70. The largest absolute Gasteiger partial charge is 0.504 e. The SMILES string of the molecule is C/C(=C\c1ccc(O[C@@H]2O[C@H](C(C)O)[C@@H](O)[C@@H]2O)c(O)c1)C(=O)NC1[C@@H](O)[C@H](O)C(O)[C@H](O)[C@H]1O. The maximum absolute atomic E-state index is 12.5. The molecule has 10 N–H and O–H groups in total. The summed E-state index contributed by atoms with van der Waals surface area (Å²) in [6, 6.07) is 2.57. The van der Waals surface area contributed by atoms with E-state index in [0.717, 1.165) is 0 Å². The highest BCUT2D eigenvalue weighted by atomic mass is 16.7. The van der Waals surface area contributed by atoms with Gasteiger partial charge in [-0.3, -0.25) is 4.79 Å². The van der Waals surface area contributed by atoms with Gasteiger partial charge in [0.25, 0.3) is 0 Å². The molecule has 35 heavy (non-hydrogen) atoms. The molecule has 1 saturated heterocycles. The lowest BCUT2D eigenvalue weighted by Gasteiger charge is -2.42. The van der Waals surface area contributed by atoms with Crippen LogP contribution in [-0.4, -0.2) is 119 Å². The number of hydrogen-bond donors (Lipinski definition) is 10. The van der Waals surface area contributed by atoms with E-state index < -0.39 is 73.2 Å². The molecule has 0 aromatic heterocycles. The number of ether oxygens (including phenoxy) is 2. The van der Waals surface area contributed by atoms with Gasteiger partial charge in [0.1, 0.15) is 48.8 Å². The monoisotopic (exact) mass is 501 g/mol. The van der Waals surface area contributed by atoms with Gasteiger partial charge in [0.05, 0.1) is 12.1 Å². The highest BCUT2D eigenvalue weighted by Gasteiger charge is 2.49. The number of hydrogen-bond acceptors (Lipinski definition) is 12. The molecule has 2 fully saturated rings. The van der Waals surface area contributed by atoms with E-state index in [0.29, 0.717) is 5.56 Å². The third-order valence-electron chi connectivity index (χ3n) is 6.13. The molecule has 11 atom stereocenters. The standard InChI is InChI=1S/C22H31NO12/c1-7(21(33)23-12-13(26)15(28)17(30)16(29)14(12)27)5-9-3-4-11(10(25)6-9)34-22-19(32)18(31)20(35-22)8(2)24/h3-6,8,12-20,22,24-32H,1-2H3,(H,23,33)/b7-5+/t8?,12?,13-,14+,15+,16-,17?,18-,19-,20+,22+/m0/s1. The molecule has 1 amide bonds. The molecule has 1 heterocycles. The maximum atomic E-state index is 12.5. The van der Waals surface area contributed by atoms with E-state index >= 15 is 0 Å². The summed E-state index contributed by atoms with van der Waals surface area (Å²) < 4.78 is 10.7. The fourth-order valence-corrected chi connectivity index (χ4v) is 4.00. The summed E-state index contributed by atoms with van der Waals surface area (Å²) in [6.45, 7) is 2.78. The number of nitrogens with one attached hydrogen (secondary N) is 1. The molecule has 0 radical (unpaired) electrons. The van der Waals surface area contributed by atoms with Crippen LogP contribution in [0.3, 0.4) is 0 Å². The van der Waals surface area contributed by atoms with Crippen LogP contribution in [0.5, 0.6) is 11.5 Å². The number of aliphatic hydroxyl groups is 8. The number of phenolic OH excluding ortho intramolecular Hbond substituents is 1. The molecule has 13 nitrogen and oxygen atoms in total. The van der Waals surface area contributed by atoms with E-state index in [1.807, 2.05) is 0 Å². The van der Waals surface area contributed by atoms with Crippen LogP contribution in [0.25, 0.3) is 6.08 Å². The Balaban J connectivity index is 1.67. The van der Waals surface area contributed by atoms with E-state index in [2.05, 4.69) is 5.32 Å². The van der Waals surface area contributed by atoms with Crippen molar-refractivity contribution >= 4 is 12.0 Å². The van der Waals surface area contributed by atoms with Gasteiger partial charge in [-0.1, -0.05) is 6.07 Å². The normalized spacial score (nSPS) is 38.7. The molecule has 1 aliphatic heterocycles. The lowest BCUT2D eigenvalue weighted by Crippen LogP contribution is -2.68. The topological polar surface area (TPSA) is 230 Å². The number of amides is 1. The van der Waals surface area contributed by atoms with E-state index in [9.17, 15) is 50.8 Å². The molecular weight excluding hydrogens is 470 g/mol. The van der Waals surface area contributed by atoms with Gasteiger partial charge in [-0.05, 0) is 37.6 Å². The third kappa shape index (κ3) is 5.58. The van der Waals surface area contributed by atoms with Gasteiger partial charge in [-0.15, -0.1) is 0 Å². The summed E-state index contributed by atoms with van der Waals surface area (Å²) in [5.74, 6) is -1.23. The zero-order chi connectivity index (χ0) is 26.2. The van der Waals surface area contributed by atoms with Crippen molar-refractivity contribution in [3.63, 3.8) is 0 Å². The number of aromatic hydroxyl groups is 1.